The van der Waals surface area contributed by atoms with Crippen LogP contribution in [0, 0.1) is 19.8 Å². The molecule has 0 atom stereocenters. The number of aromatic nitrogens is 2. The van der Waals surface area contributed by atoms with E-state index in [4.69, 9.17) is 5.73 Å². The van der Waals surface area contributed by atoms with Crippen molar-refractivity contribution in [3.63, 3.8) is 0 Å². The summed E-state index contributed by atoms with van der Waals surface area (Å²) in [6.45, 7) is 8.31. The number of aryl methyl sites for hydroxylation is 2. The second kappa shape index (κ2) is 10.2. The second-order valence-electron chi connectivity index (χ2n) is 7.17. The zero-order valence-corrected chi connectivity index (χ0v) is 17.7. The van der Waals surface area contributed by atoms with Gasteiger partial charge in [0.2, 0.25) is 5.91 Å². The van der Waals surface area contributed by atoms with Crippen molar-refractivity contribution < 1.29 is 4.79 Å². The Morgan fingerprint density at radius 1 is 1.25 bits per heavy atom. The highest BCUT2D eigenvalue weighted by Crippen LogP contribution is 2.13. The van der Waals surface area contributed by atoms with Gasteiger partial charge in [-0.25, -0.2) is 4.98 Å². The normalized spacial score (nSPS) is 10.9. The Hall–Kier alpha value is -2.48. The van der Waals surface area contributed by atoms with Crippen LogP contribution in [-0.4, -0.2) is 21.2 Å². The molecule has 0 aromatic carbocycles. The molecule has 0 bridgehead atoms. The van der Waals surface area contributed by atoms with E-state index in [1.54, 1.807) is 12.1 Å². The number of nitrogens with one attached hydrogen (secondary N) is 2. The first-order valence-corrected chi connectivity index (χ1v) is 10.3. The van der Waals surface area contributed by atoms with Crippen LogP contribution in [0.2, 0.25) is 0 Å². The van der Waals surface area contributed by atoms with Gasteiger partial charge in [-0.3, -0.25) is 9.59 Å². The van der Waals surface area contributed by atoms with Gasteiger partial charge in [0.05, 0.1) is 0 Å². The lowest BCUT2D eigenvalue weighted by Gasteiger charge is -2.13. The number of nitrogen functional groups attached to an aromatic ring is 1. The minimum absolute atomic E-state index is 0.0295. The smallest absolute Gasteiger partial charge is 0.275 e. The van der Waals surface area contributed by atoms with Gasteiger partial charge in [-0.2, -0.15) is 0 Å². The molecule has 0 spiro atoms. The molecule has 0 aliphatic carbocycles. The molecule has 7 nitrogen and oxygen atoms in total. The number of hydrogen-bond donors (Lipinski definition) is 3. The summed E-state index contributed by atoms with van der Waals surface area (Å²) in [5, 5.41) is 2.84. The lowest BCUT2D eigenvalue weighted by molar-refractivity contribution is -0.121. The number of pyridine rings is 2. The van der Waals surface area contributed by atoms with Crippen molar-refractivity contribution >= 4 is 29.4 Å². The number of hydrogen-bond acceptors (Lipinski definition) is 6. The summed E-state index contributed by atoms with van der Waals surface area (Å²) in [5.74, 6) is 1.75. The standard InChI is InChI=1S/C20H29N5O2S/c1-13(2)9-10-28-24-17-7-5-14(3)25(20(17)27)12-19(26)22-11-16-6-8-18(21)23-15(16)4/h5-8,13,24H,9-12H2,1-4H3,(H2,21,23)(H,22,26). The van der Waals surface area contributed by atoms with Gasteiger partial charge in [0.1, 0.15) is 18.1 Å². The van der Waals surface area contributed by atoms with E-state index in [9.17, 15) is 9.59 Å². The third-order valence-electron chi connectivity index (χ3n) is 4.37. The van der Waals surface area contributed by atoms with E-state index in [0.717, 1.165) is 29.1 Å². The van der Waals surface area contributed by atoms with Gasteiger partial charge in [-0.1, -0.05) is 31.9 Å². The maximum Gasteiger partial charge on any atom is 0.275 e. The van der Waals surface area contributed by atoms with Gasteiger partial charge in [-0.15, -0.1) is 0 Å². The largest absolute Gasteiger partial charge is 0.384 e. The van der Waals surface area contributed by atoms with Crippen molar-refractivity contribution in [2.24, 2.45) is 5.92 Å². The molecule has 4 N–H and O–H groups in total. The fourth-order valence-corrected chi connectivity index (χ4v) is 3.56. The van der Waals surface area contributed by atoms with Gasteiger partial charge < -0.3 is 20.3 Å². The summed E-state index contributed by atoms with van der Waals surface area (Å²) in [5.41, 5.74) is 8.35. The van der Waals surface area contributed by atoms with E-state index in [1.165, 1.54) is 16.5 Å². The van der Waals surface area contributed by atoms with Crippen LogP contribution in [0.1, 0.15) is 37.2 Å². The fraction of sp³-hybridized carbons (Fsp3) is 0.450. The molecule has 0 aliphatic heterocycles. The monoisotopic (exact) mass is 403 g/mol. The maximum atomic E-state index is 12.7. The molecule has 28 heavy (non-hydrogen) atoms. The Bertz CT molecular complexity index is 879. The molecule has 0 saturated heterocycles. The van der Waals surface area contributed by atoms with Crippen molar-refractivity contribution in [1.82, 2.24) is 14.9 Å². The van der Waals surface area contributed by atoms with Gasteiger partial charge in [0.15, 0.2) is 0 Å². The predicted octanol–water partition coefficient (Wildman–Crippen LogP) is 2.86. The van der Waals surface area contributed by atoms with E-state index in [-0.39, 0.29) is 18.0 Å². The molecule has 2 aromatic heterocycles. The zero-order valence-electron chi connectivity index (χ0n) is 16.9. The van der Waals surface area contributed by atoms with Crippen LogP contribution in [0.15, 0.2) is 29.1 Å². The van der Waals surface area contributed by atoms with Crippen LogP contribution in [0.4, 0.5) is 11.5 Å². The summed E-state index contributed by atoms with van der Waals surface area (Å²) in [4.78, 5) is 29.3. The van der Waals surface area contributed by atoms with Gasteiger partial charge >= 0.3 is 0 Å². The molecule has 8 heteroatoms. The summed E-state index contributed by atoms with van der Waals surface area (Å²) in [6, 6.07) is 7.15. The summed E-state index contributed by atoms with van der Waals surface area (Å²) < 4.78 is 4.59. The van der Waals surface area contributed by atoms with Crippen molar-refractivity contribution in [2.45, 2.75) is 47.2 Å². The molecule has 2 aromatic rings. The van der Waals surface area contributed by atoms with Gasteiger partial charge in [0.25, 0.3) is 5.56 Å². The SMILES string of the molecule is Cc1nc(N)ccc1CNC(=O)Cn1c(C)ccc(NSCCC(C)C)c1=O. The number of nitrogens with two attached hydrogens (primary N) is 1. The van der Waals surface area contributed by atoms with Crippen molar-refractivity contribution in [3.05, 3.63) is 51.6 Å². The molecular formula is C20H29N5O2S. The first-order chi connectivity index (χ1) is 13.3. The minimum Gasteiger partial charge on any atom is -0.384 e. The average Bonchev–Trinajstić information content (AvgIpc) is 2.63. The van der Waals surface area contributed by atoms with E-state index < -0.39 is 0 Å². The van der Waals surface area contributed by atoms with Crippen LogP contribution in [0.3, 0.4) is 0 Å². The topological polar surface area (TPSA) is 102 Å². The first kappa shape index (κ1) is 21.8. The molecule has 0 radical (unpaired) electrons. The Morgan fingerprint density at radius 3 is 2.68 bits per heavy atom. The average molecular weight is 404 g/mol. The quantitative estimate of drug-likeness (QED) is 0.439. The van der Waals surface area contributed by atoms with Crippen LogP contribution in [-0.2, 0) is 17.9 Å². The number of nitrogens with zero attached hydrogens (tertiary/aromatic N) is 2. The van der Waals surface area contributed by atoms with Crippen molar-refractivity contribution in [2.75, 3.05) is 16.2 Å². The van der Waals surface area contributed by atoms with E-state index in [1.807, 2.05) is 26.0 Å². The highest BCUT2D eigenvalue weighted by Gasteiger charge is 2.11. The lowest BCUT2D eigenvalue weighted by Crippen LogP contribution is -2.33. The fourth-order valence-electron chi connectivity index (χ4n) is 2.56. The highest BCUT2D eigenvalue weighted by molar-refractivity contribution is 8.00. The summed E-state index contributed by atoms with van der Waals surface area (Å²) >= 11 is 1.51. The number of anilines is 2. The zero-order chi connectivity index (χ0) is 20.7. The van der Waals surface area contributed by atoms with Crippen LogP contribution < -0.4 is 21.3 Å². The molecular weight excluding hydrogens is 374 g/mol. The van der Waals surface area contributed by atoms with E-state index in [2.05, 4.69) is 28.9 Å². The van der Waals surface area contributed by atoms with E-state index in [0.29, 0.717) is 24.0 Å². The first-order valence-electron chi connectivity index (χ1n) is 9.35. The molecule has 0 saturated carbocycles. The molecule has 1 amide bonds. The molecule has 0 unspecified atom stereocenters. The minimum atomic E-state index is -0.231. The van der Waals surface area contributed by atoms with Crippen LogP contribution in [0.5, 0.6) is 0 Å². The third-order valence-corrected chi connectivity index (χ3v) is 5.17. The lowest BCUT2D eigenvalue weighted by atomic mass is 10.2. The number of carbonyl (C=O) groups is 1. The maximum absolute atomic E-state index is 12.7. The van der Waals surface area contributed by atoms with Crippen LogP contribution in [0.25, 0.3) is 0 Å². The number of amides is 1. The molecule has 2 rings (SSSR count). The summed E-state index contributed by atoms with van der Waals surface area (Å²) in [6.07, 6.45) is 1.07. The highest BCUT2D eigenvalue weighted by atomic mass is 32.2. The Morgan fingerprint density at radius 2 is 2.00 bits per heavy atom. The van der Waals surface area contributed by atoms with Gasteiger partial charge in [-0.05, 0) is 49.9 Å². The third kappa shape index (κ3) is 6.30. The van der Waals surface area contributed by atoms with Crippen molar-refractivity contribution in [3.8, 4) is 0 Å². The van der Waals surface area contributed by atoms with E-state index >= 15 is 0 Å². The number of carbonyl (C=O) groups excluding carboxylic acids is 1. The van der Waals surface area contributed by atoms with Gasteiger partial charge in [0, 0.05) is 23.7 Å². The van der Waals surface area contributed by atoms with Crippen LogP contribution >= 0.6 is 11.9 Å². The molecule has 152 valence electrons. The van der Waals surface area contributed by atoms with Crippen molar-refractivity contribution in [1.29, 1.82) is 0 Å². The molecule has 0 fully saturated rings. The Balaban J connectivity index is 1.99. The Labute approximate surface area is 170 Å². The molecule has 0 aliphatic rings. The number of rotatable bonds is 9. The molecule has 2 heterocycles. The Kier molecular flexibility index (Phi) is 7.92. The second-order valence-corrected chi connectivity index (χ2v) is 8.07. The summed E-state index contributed by atoms with van der Waals surface area (Å²) in [7, 11) is 0. The predicted molar refractivity (Wildman–Crippen MR) is 116 cm³/mol.